The van der Waals surface area contributed by atoms with Crippen molar-refractivity contribution in [2.24, 2.45) is 0 Å². The van der Waals surface area contributed by atoms with Gasteiger partial charge in [-0.05, 0) is 46.7 Å². The second-order valence-corrected chi connectivity index (χ2v) is 16.9. The highest BCUT2D eigenvalue weighted by Crippen LogP contribution is 2.44. The third-order valence-electron chi connectivity index (χ3n) is 6.97. The van der Waals surface area contributed by atoms with Crippen LogP contribution in [0.2, 0.25) is 25.7 Å². The zero-order chi connectivity index (χ0) is 28.4. The van der Waals surface area contributed by atoms with Crippen LogP contribution in [0.15, 0.2) is 78.9 Å². The molecule has 8 heteroatoms. The van der Waals surface area contributed by atoms with Gasteiger partial charge in [0.25, 0.3) is 0 Å². The third-order valence-corrected chi connectivity index (χ3v) is 8.68. The fraction of sp³-hybridized carbons (Fsp3) is 0.375. The van der Waals surface area contributed by atoms with Crippen LogP contribution in [-0.4, -0.2) is 45.9 Å². The summed E-state index contributed by atoms with van der Waals surface area (Å²) in [6.45, 7) is 8.44. The molecule has 3 aromatic carbocycles. The van der Waals surface area contributed by atoms with Gasteiger partial charge in [-0.25, -0.2) is 15.1 Å². The summed E-state index contributed by atoms with van der Waals surface area (Å²) >= 11 is 0. The van der Waals surface area contributed by atoms with E-state index in [1.54, 1.807) is 0 Å². The molecule has 0 saturated heterocycles. The molecule has 4 rings (SSSR count). The van der Waals surface area contributed by atoms with E-state index in [0.717, 1.165) is 33.9 Å². The van der Waals surface area contributed by atoms with E-state index in [4.69, 9.17) is 14.3 Å². The van der Waals surface area contributed by atoms with Crippen molar-refractivity contribution in [1.29, 1.82) is 0 Å². The van der Waals surface area contributed by atoms with Crippen molar-refractivity contribution in [1.82, 2.24) is 10.8 Å². The van der Waals surface area contributed by atoms with Crippen LogP contribution in [0, 0.1) is 0 Å². The van der Waals surface area contributed by atoms with Crippen molar-refractivity contribution in [2.45, 2.75) is 57.1 Å². The van der Waals surface area contributed by atoms with E-state index in [9.17, 15) is 9.59 Å². The molecule has 0 unspecified atom stereocenters. The van der Waals surface area contributed by atoms with Crippen LogP contribution < -0.4 is 10.8 Å². The van der Waals surface area contributed by atoms with Crippen LogP contribution in [-0.2, 0) is 25.7 Å². The molecule has 0 aliphatic heterocycles. The second kappa shape index (κ2) is 14.3. The van der Waals surface area contributed by atoms with Gasteiger partial charge in [0.15, 0.2) is 0 Å². The molecule has 0 heterocycles. The summed E-state index contributed by atoms with van der Waals surface area (Å²) in [4.78, 5) is 31.4. The van der Waals surface area contributed by atoms with Crippen molar-refractivity contribution in [3.05, 3.63) is 95.6 Å². The number of amides is 1. The molecule has 0 spiro atoms. The minimum atomic E-state index is -1.16. The number of esters is 1. The van der Waals surface area contributed by atoms with Gasteiger partial charge < -0.3 is 19.6 Å². The molecule has 1 atom stereocenters. The van der Waals surface area contributed by atoms with Gasteiger partial charge >= 0.3 is 12.1 Å². The molecule has 1 aliphatic carbocycles. The Morgan fingerprint density at radius 1 is 0.850 bits per heavy atom. The highest BCUT2D eigenvalue weighted by Gasteiger charge is 2.30. The van der Waals surface area contributed by atoms with Crippen molar-refractivity contribution < 1.29 is 23.9 Å². The summed E-state index contributed by atoms with van der Waals surface area (Å²) in [5, 5.41) is 2.75. The Morgan fingerprint density at radius 2 is 1.48 bits per heavy atom. The molecule has 40 heavy (non-hydrogen) atoms. The zero-order valence-corrected chi connectivity index (χ0v) is 24.7. The lowest BCUT2D eigenvalue weighted by atomic mass is 9.98. The van der Waals surface area contributed by atoms with E-state index < -0.39 is 26.2 Å². The number of hydrogen-bond donors (Lipinski definition) is 2. The summed E-state index contributed by atoms with van der Waals surface area (Å²) in [5.41, 5.74) is 8.45. The topological polar surface area (TPSA) is 85.9 Å². The smallest absolute Gasteiger partial charge is 0.407 e. The predicted molar refractivity (Wildman–Crippen MR) is 160 cm³/mol. The van der Waals surface area contributed by atoms with E-state index >= 15 is 0 Å². The fourth-order valence-electron chi connectivity index (χ4n) is 4.74. The molecule has 0 saturated carbocycles. The molecule has 0 fully saturated rings. The van der Waals surface area contributed by atoms with Gasteiger partial charge in [0.1, 0.15) is 19.3 Å². The van der Waals surface area contributed by atoms with E-state index in [2.05, 4.69) is 54.7 Å². The van der Waals surface area contributed by atoms with Crippen LogP contribution in [0.25, 0.3) is 11.1 Å². The average molecular weight is 561 g/mol. The van der Waals surface area contributed by atoms with Gasteiger partial charge in [-0.3, -0.25) is 0 Å². The standard InChI is InChI=1S/C32H40N2O5Si/c1-40(2,3)21-20-39-33-19-11-18-30(31(35)37-22-24-12-5-4-6-13-24)34-32(36)38-23-29-27-16-9-7-14-25(27)26-15-8-10-17-28(26)29/h4-10,12-17,29-30,33H,11,18-23H2,1-3H3,(H,34,36)/t30-/m0/s1. The lowest BCUT2D eigenvalue weighted by Gasteiger charge is -2.19. The SMILES string of the molecule is C[Si](C)(C)CCONCCC[C@H](NC(=O)OCC1c2ccccc2-c2ccccc21)C(=O)OCc1ccccc1. The first-order chi connectivity index (χ1) is 19.3. The number of carbonyl (C=O) groups is 2. The molecule has 212 valence electrons. The first-order valence-corrected chi connectivity index (χ1v) is 17.7. The number of fused-ring (bicyclic) bond motifs is 3. The maximum absolute atomic E-state index is 13.0. The van der Waals surface area contributed by atoms with Gasteiger partial charge in [0.2, 0.25) is 0 Å². The Kier molecular flexibility index (Phi) is 10.5. The summed E-state index contributed by atoms with van der Waals surface area (Å²) in [6, 6.07) is 26.1. The number of hydroxylamine groups is 1. The van der Waals surface area contributed by atoms with Crippen LogP contribution in [0.1, 0.15) is 35.4 Å². The van der Waals surface area contributed by atoms with E-state index in [-0.39, 0.29) is 19.1 Å². The largest absolute Gasteiger partial charge is 0.459 e. The molecule has 2 N–H and O–H groups in total. The summed E-state index contributed by atoms with van der Waals surface area (Å²) in [5.74, 6) is -0.545. The number of alkyl carbamates (subject to hydrolysis) is 1. The predicted octanol–water partition coefficient (Wildman–Crippen LogP) is 6.28. The van der Waals surface area contributed by atoms with Crippen molar-refractivity contribution in [3.8, 4) is 11.1 Å². The fourth-order valence-corrected chi connectivity index (χ4v) is 5.45. The maximum atomic E-state index is 13.0. The van der Waals surface area contributed by atoms with Crippen LogP contribution >= 0.6 is 0 Å². The summed E-state index contributed by atoms with van der Waals surface area (Å²) in [6.07, 6.45) is 0.368. The molecule has 1 aliphatic rings. The highest BCUT2D eigenvalue weighted by molar-refractivity contribution is 6.76. The average Bonchev–Trinajstić information content (AvgIpc) is 3.27. The number of ether oxygens (including phenoxy) is 2. The molecule has 0 aromatic heterocycles. The number of nitrogens with one attached hydrogen (secondary N) is 2. The molecule has 3 aromatic rings. The van der Waals surface area contributed by atoms with Crippen LogP contribution in [0.4, 0.5) is 4.79 Å². The Morgan fingerprint density at radius 3 is 2.12 bits per heavy atom. The molecule has 0 radical (unpaired) electrons. The van der Waals surface area contributed by atoms with Crippen LogP contribution in [0.3, 0.4) is 0 Å². The van der Waals surface area contributed by atoms with E-state index in [1.807, 2.05) is 54.6 Å². The minimum absolute atomic E-state index is 0.0564. The molecular weight excluding hydrogens is 520 g/mol. The highest BCUT2D eigenvalue weighted by atomic mass is 28.3. The van der Waals surface area contributed by atoms with Gasteiger partial charge in [0, 0.05) is 20.5 Å². The Hall–Kier alpha value is -3.46. The number of benzene rings is 3. The zero-order valence-electron chi connectivity index (χ0n) is 23.7. The van der Waals surface area contributed by atoms with E-state index in [1.165, 1.54) is 0 Å². The molecule has 0 bridgehead atoms. The summed E-state index contributed by atoms with van der Waals surface area (Å²) in [7, 11) is -1.16. The first-order valence-electron chi connectivity index (χ1n) is 14.0. The molecule has 1 amide bonds. The normalized spacial score (nSPS) is 13.3. The van der Waals surface area contributed by atoms with Gasteiger partial charge in [-0.1, -0.05) is 98.5 Å². The number of carbonyl (C=O) groups excluding carboxylic acids is 2. The molecular formula is C32H40N2O5Si. The van der Waals surface area contributed by atoms with E-state index in [0.29, 0.717) is 26.0 Å². The van der Waals surface area contributed by atoms with Gasteiger partial charge in [-0.2, -0.15) is 0 Å². The Balaban J connectivity index is 1.31. The van der Waals surface area contributed by atoms with Crippen molar-refractivity contribution in [3.63, 3.8) is 0 Å². The lowest BCUT2D eigenvalue weighted by Crippen LogP contribution is -2.42. The Bertz CT molecular complexity index is 1220. The third kappa shape index (κ3) is 8.52. The lowest BCUT2D eigenvalue weighted by molar-refractivity contribution is -0.147. The van der Waals surface area contributed by atoms with Gasteiger partial charge in [-0.15, -0.1) is 0 Å². The first kappa shape index (κ1) is 29.5. The number of rotatable bonds is 14. The quantitative estimate of drug-likeness (QED) is 0.105. The maximum Gasteiger partial charge on any atom is 0.407 e. The number of hydrogen-bond acceptors (Lipinski definition) is 6. The second-order valence-electron chi connectivity index (χ2n) is 11.3. The van der Waals surface area contributed by atoms with Gasteiger partial charge in [0.05, 0.1) is 6.61 Å². The Labute approximate surface area is 238 Å². The minimum Gasteiger partial charge on any atom is -0.459 e. The van der Waals surface area contributed by atoms with Crippen molar-refractivity contribution >= 4 is 20.1 Å². The van der Waals surface area contributed by atoms with Crippen molar-refractivity contribution in [2.75, 3.05) is 19.8 Å². The summed E-state index contributed by atoms with van der Waals surface area (Å²) < 4.78 is 11.2. The monoisotopic (exact) mass is 560 g/mol. The van der Waals surface area contributed by atoms with Crippen LogP contribution in [0.5, 0.6) is 0 Å². The molecule has 7 nitrogen and oxygen atoms in total.